The molecule has 182 valence electrons. The number of urea groups is 1. The Balaban J connectivity index is 1.14. The second-order valence-electron chi connectivity index (χ2n) is 8.90. The molecular weight excluding hydrogens is 444 g/mol. The van der Waals surface area contributed by atoms with Crippen molar-refractivity contribution in [2.45, 2.75) is 26.2 Å². The summed E-state index contributed by atoms with van der Waals surface area (Å²) >= 11 is 0. The van der Waals surface area contributed by atoms with Crippen LogP contribution in [0.1, 0.15) is 25.0 Å². The molecule has 5 rings (SSSR count). The van der Waals surface area contributed by atoms with Crippen LogP contribution in [0.15, 0.2) is 48.5 Å². The summed E-state index contributed by atoms with van der Waals surface area (Å²) in [6, 6.07) is 15.2. The molecule has 3 amide bonds. The van der Waals surface area contributed by atoms with E-state index in [0.717, 1.165) is 53.9 Å². The van der Waals surface area contributed by atoms with Crippen LogP contribution in [0.3, 0.4) is 0 Å². The average Bonchev–Trinajstić information content (AvgIpc) is 3.29. The smallest absolute Gasteiger partial charge is 0.321 e. The molecule has 10 heteroatoms. The lowest BCUT2D eigenvalue weighted by atomic mass is 10.1. The van der Waals surface area contributed by atoms with Crippen LogP contribution in [0.25, 0.3) is 0 Å². The molecule has 1 aromatic carbocycles. The number of carbonyl (C=O) groups excluding carboxylic acids is 2. The zero-order valence-electron chi connectivity index (χ0n) is 19.8. The SMILES string of the molecule is Cc1cc(Nc2cccc(N3CCN(C(=O)Nc4ccc(N5CCCCC5=O)cc4)CC3)n2)n[nH]1. The van der Waals surface area contributed by atoms with Crippen molar-refractivity contribution in [1.82, 2.24) is 20.1 Å². The van der Waals surface area contributed by atoms with Crippen LogP contribution in [0, 0.1) is 6.92 Å². The Hall–Kier alpha value is -4.08. The number of aromatic amines is 1. The highest BCUT2D eigenvalue weighted by Gasteiger charge is 2.23. The highest BCUT2D eigenvalue weighted by molar-refractivity contribution is 5.95. The van der Waals surface area contributed by atoms with Crippen LogP contribution >= 0.6 is 0 Å². The number of nitrogens with zero attached hydrogens (tertiary/aromatic N) is 5. The van der Waals surface area contributed by atoms with Crippen molar-refractivity contribution in [3.63, 3.8) is 0 Å². The van der Waals surface area contributed by atoms with Gasteiger partial charge in [-0.05, 0) is 56.2 Å². The van der Waals surface area contributed by atoms with Crippen LogP contribution in [-0.2, 0) is 4.79 Å². The number of nitrogens with one attached hydrogen (secondary N) is 3. The predicted molar refractivity (Wildman–Crippen MR) is 136 cm³/mol. The molecule has 2 saturated heterocycles. The summed E-state index contributed by atoms with van der Waals surface area (Å²) in [4.78, 5) is 35.4. The van der Waals surface area contributed by atoms with Gasteiger partial charge in [0.25, 0.3) is 0 Å². The number of piperidine rings is 1. The van der Waals surface area contributed by atoms with Gasteiger partial charge in [0, 0.05) is 62.3 Å². The highest BCUT2D eigenvalue weighted by atomic mass is 16.2. The lowest BCUT2D eigenvalue weighted by molar-refractivity contribution is -0.119. The molecular formula is C25H30N8O2. The molecule has 10 nitrogen and oxygen atoms in total. The van der Waals surface area contributed by atoms with Gasteiger partial charge in [-0.15, -0.1) is 0 Å². The third-order valence-electron chi connectivity index (χ3n) is 6.34. The Morgan fingerprint density at radius 2 is 1.77 bits per heavy atom. The first kappa shape index (κ1) is 22.7. The zero-order chi connectivity index (χ0) is 24.2. The monoisotopic (exact) mass is 474 g/mol. The van der Waals surface area contributed by atoms with Gasteiger partial charge in [-0.2, -0.15) is 5.10 Å². The predicted octanol–water partition coefficient (Wildman–Crippen LogP) is 3.73. The van der Waals surface area contributed by atoms with Gasteiger partial charge in [0.2, 0.25) is 5.91 Å². The zero-order valence-corrected chi connectivity index (χ0v) is 19.8. The number of amides is 3. The van der Waals surface area contributed by atoms with Crippen molar-refractivity contribution in [3.05, 3.63) is 54.2 Å². The normalized spacial score (nSPS) is 16.4. The van der Waals surface area contributed by atoms with Crippen molar-refractivity contribution >= 4 is 40.8 Å². The van der Waals surface area contributed by atoms with E-state index in [0.29, 0.717) is 32.6 Å². The summed E-state index contributed by atoms with van der Waals surface area (Å²) in [6.07, 6.45) is 2.58. The Kier molecular flexibility index (Phi) is 6.51. The lowest BCUT2D eigenvalue weighted by Gasteiger charge is -2.35. The number of carbonyl (C=O) groups is 2. The van der Waals surface area contributed by atoms with Gasteiger partial charge in [0.15, 0.2) is 5.82 Å². The van der Waals surface area contributed by atoms with Crippen LogP contribution in [0.2, 0.25) is 0 Å². The number of aryl methyl sites for hydroxylation is 1. The van der Waals surface area contributed by atoms with Gasteiger partial charge < -0.3 is 25.3 Å². The molecule has 0 aliphatic carbocycles. The number of benzene rings is 1. The maximum Gasteiger partial charge on any atom is 0.321 e. The van der Waals surface area contributed by atoms with Gasteiger partial charge in [0.05, 0.1) is 0 Å². The number of H-pyrrole nitrogens is 1. The molecule has 0 unspecified atom stereocenters. The maximum atomic E-state index is 12.8. The first-order valence-corrected chi connectivity index (χ1v) is 12.0. The molecule has 0 saturated carbocycles. The second-order valence-corrected chi connectivity index (χ2v) is 8.90. The quantitative estimate of drug-likeness (QED) is 0.520. The van der Waals surface area contributed by atoms with Gasteiger partial charge in [-0.25, -0.2) is 9.78 Å². The number of hydrogen-bond acceptors (Lipinski definition) is 6. The Bertz CT molecular complexity index is 1180. The van der Waals surface area contributed by atoms with Crippen molar-refractivity contribution in [2.75, 3.05) is 53.2 Å². The average molecular weight is 475 g/mol. The molecule has 0 spiro atoms. The van der Waals surface area contributed by atoms with Gasteiger partial charge in [-0.1, -0.05) is 6.07 Å². The summed E-state index contributed by atoms with van der Waals surface area (Å²) in [7, 11) is 0. The van der Waals surface area contributed by atoms with Crippen LogP contribution in [-0.4, -0.2) is 64.7 Å². The molecule has 2 aliphatic heterocycles. The number of pyridine rings is 1. The standard InChI is InChI=1S/C25H30N8O2/c1-18-17-22(30-29-18)27-21-5-4-6-23(28-21)31-13-15-32(16-14-31)25(35)26-19-8-10-20(11-9-19)33-12-3-2-7-24(33)34/h4-6,8-11,17H,2-3,7,12-16H2,1H3,(H,26,35)(H2,27,28,29,30). The van der Waals surface area contributed by atoms with Crippen molar-refractivity contribution in [2.24, 2.45) is 0 Å². The van der Waals surface area contributed by atoms with E-state index in [-0.39, 0.29) is 11.9 Å². The van der Waals surface area contributed by atoms with Gasteiger partial charge in [-0.3, -0.25) is 9.89 Å². The third kappa shape index (κ3) is 5.37. The summed E-state index contributed by atoms with van der Waals surface area (Å²) in [5.41, 5.74) is 2.58. The number of hydrogen-bond donors (Lipinski definition) is 3. The van der Waals surface area contributed by atoms with Crippen LogP contribution in [0.4, 0.5) is 33.6 Å². The first-order chi connectivity index (χ1) is 17.0. The third-order valence-corrected chi connectivity index (χ3v) is 6.34. The second kappa shape index (κ2) is 10.0. The molecule has 3 N–H and O–H groups in total. The van der Waals surface area contributed by atoms with E-state index in [1.165, 1.54) is 0 Å². The molecule has 4 heterocycles. The molecule has 2 aromatic heterocycles. The minimum atomic E-state index is -0.122. The van der Waals surface area contributed by atoms with Crippen molar-refractivity contribution in [1.29, 1.82) is 0 Å². The maximum absolute atomic E-state index is 12.8. The molecule has 3 aromatic rings. The molecule has 2 fully saturated rings. The fraction of sp³-hybridized carbons (Fsp3) is 0.360. The summed E-state index contributed by atoms with van der Waals surface area (Å²) in [5.74, 6) is 2.48. The first-order valence-electron chi connectivity index (χ1n) is 12.0. The largest absolute Gasteiger partial charge is 0.353 e. The summed E-state index contributed by atoms with van der Waals surface area (Å²) < 4.78 is 0. The van der Waals surface area contributed by atoms with E-state index in [4.69, 9.17) is 4.98 Å². The topological polar surface area (TPSA) is 109 Å². The minimum absolute atomic E-state index is 0.122. The van der Waals surface area contributed by atoms with E-state index in [2.05, 4.69) is 25.7 Å². The van der Waals surface area contributed by atoms with E-state index >= 15 is 0 Å². The fourth-order valence-corrected chi connectivity index (χ4v) is 4.43. The van der Waals surface area contributed by atoms with E-state index in [1.54, 1.807) is 0 Å². The van der Waals surface area contributed by atoms with Crippen LogP contribution < -0.4 is 20.4 Å². The molecule has 0 radical (unpaired) electrons. The Morgan fingerprint density at radius 1 is 0.971 bits per heavy atom. The van der Waals surface area contributed by atoms with Gasteiger partial charge >= 0.3 is 6.03 Å². The molecule has 0 atom stereocenters. The fourth-order valence-electron chi connectivity index (χ4n) is 4.43. The molecule has 0 bridgehead atoms. The highest BCUT2D eigenvalue weighted by Crippen LogP contribution is 2.23. The van der Waals surface area contributed by atoms with E-state index < -0.39 is 0 Å². The number of aromatic nitrogens is 3. The van der Waals surface area contributed by atoms with Gasteiger partial charge in [0.1, 0.15) is 11.6 Å². The van der Waals surface area contributed by atoms with Crippen LogP contribution in [0.5, 0.6) is 0 Å². The Morgan fingerprint density at radius 3 is 2.49 bits per heavy atom. The van der Waals surface area contributed by atoms with Crippen molar-refractivity contribution in [3.8, 4) is 0 Å². The lowest BCUT2D eigenvalue weighted by Crippen LogP contribution is -2.50. The molecule has 2 aliphatic rings. The van der Waals surface area contributed by atoms with E-state index in [1.807, 2.05) is 65.3 Å². The van der Waals surface area contributed by atoms with Crippen molar-refractivity contribution < 1.29 is 9.59 Å². The van der Waals surface area contributed by atoms with E-state index in [9.17, 15) is 9.59 Å². The number of piperazine rings is 1. The molecule has 35 heavy (non-hydrogen) atoms. The number of rotatable bonds is 5. The summed E-state index contributed by atoms with van der Waals surface area (Å²) in [6.45, 7) is 5.30. The minimum Gasteiger partial charge on any atom is -0.353 e. The Labute approximate surface area is 204 Å². The number of anilines is 5. The summed E-state index contributed by atoms with van der Waals surface area (Å²) in [5, 5.41) is 13.3.